The number of hydrogen-bond acceptors (Lipinski definition) is 6. The Labute approximate surface area is 124 Å². The average Bonchev–Trinajstić information content (AvgIpc) is 2.43. The molecule has 0 aliphatic carbocycles. The Bertz CT molecular complexity index is 567. The first kappa shape index (κ1) is 17.6. The quantitative estimate of drug-likeness (QED) is 0.576. The van der Waals surface area contributed by atoms with Crippen molar-refractivity contribution < 1.29 is 27.2 Å². The fourth-order valence-corrected chi connectivity index (χ4v) is 2.77. The van der Waals surface area contributed by atoms with Crippen LogP contribution in [0.1, 0.15) is 25.3 Å². The number of rotatable bonds is 8. The van der Waals surface area contributed by atoms with Crippen LogP contribution in [-0.4, -0.2) is 38.8 Å². The lowest BCUT2D eigenvalue weighted by Gasteiger charge is -2.12. The number of aliphatic hydroxyl groups excluding tert-OH is 1. The summed E-state index contributed by atoms with van der Waals surface area (Å²) in [5, 5.41) is 9.61. The molecule has 0 radical (unpaired) electrons. The minimum atomic E-state index is -3.95. The van der Waals surface area contributed by atoms with Gasteiger partial charge in [0.15, 0.2) is 0 Å². The van der Waals surface area contributed by atoms with Gasteiger partial charge in [0.25, 0.3) is 10.1 Å². The molecule has 0 aliphatic heterocycles. The minimum Gasteiger partial charge on any atom is -0.466 e. The van der Waals surface area contributed by atoms with Gasteiger partial charge < -0.3 is 9.84 Å². The van der Waals surface area contributed by atoms with Crippen LogP contribution in [0, 0.1) is 6.92 Å². The molecule has 6 nitrogen and oxygen atoms in total. The van der Waals surface area contributed by atoms with E-state index in [1.807, 2.05) is 6.92 Å². The number of ether oxygens (including phenoxy) is 1. The van der Waals surface area contributed by atoms with Gasteiger partial charge in [-0.15, -0.1) is 0 Å². The maximum absolute atomic E-state index is 12.0. The zero-order chi connectivity index (χ0) is 15.9. The average molecular weight is 316 g/mol. The summed E-state index contributed by atoms with van der Waals surface area (Å²) >= 11 is 0. The maximum Gasteiger partial charge on any atom is 0.308 e. The van der Waals surface area contributed by atoms with Crippen molar-refractivity contribution in [2.24, 2.45) is 0 Å². The molecule has 1 unspecified atom stereocenters. The summed E-state index contributed by atoms with van der Waals surface area (Å²) in [6.07, 6.45) is -0.850. The Kier molecular flexibility index (Phi) is 6.80. The number of esters is 1. The third-order valence-electron chi connectivity index (χ3n) is 2.65. The van der Waals surface area contributed by atoms with Gasteiger partial charge in [-0.3, -0.25) is 8.98 Å². The van der Waals surface area contributed by atoms with Gasteiger partial charge in [-0.25, -0.2) is 0 Å². The van der Waals surface area contributed by atoms with Crippen molar-refractivity contribution in [1.29, 1.82) is 0 Å². The van der Waals surface area contributed by atoms with Gasteiger partial charge in [-0.1, -0.05) is 25.1 Å². The molecule has 1 atom stereocenters. The Morgan fingerprint density at radius 1 is 1.33 bits per heavy atom. The molecule has 118 valence electrons. The molecule has 1 aromatic carbocycles. The SMILES string of the molecule is CCCOC(=O)CC(O)COS(=O)(=O)c1ccccc1C. The van der Waals surface area contributed by atoms with E-state index >= 15 is 0 Å². The number of carbonyl (C=O) groups is 1. The molecule has 0 saturated carbocycles. The van der Waals surface area contributed by atoms with E-state index in [4.69, 9.17) is 8.92 Å². The number of carbonyl (C=O) groups excluding carboxylic acids is 1. The lowest BCUT2D eigenvalue weighted by Crippen LogP contribution is -2.23. The zero-order valence-electron chi connectivity index (χ0n) is 12.1. The highest BCUT2D eigenvalue weighted by Crippen LogP contribution is 2.17. The smallest absolute Gasteiger partial charge is 0.308 e. The minimum absolute atomic E-state index is 0.0470. The molecule has 1 N–H and O–H groups in total. The van der Waals surface area contributed by atoms with E-state index in [0.717, 1.165) is 0 Å². The van der Waals surface area contributed by atoms with E-state index in [2.05, 4.69) is 0 Å². The Morgan fingerprint density at radius 3 is 2.62 bits per heavy atom. The first-order valence-corrected chi connectivity index (χ1v) is 8.06. The van der Waals surface area contributed by atoms with E-state index < -0.39 is 28.8 Å². The second-order valence-electron chi connectivity index (χ2n) is 4.58. The second kappa shape index (κ2) is 8.11. The fourth-order valence-electron chi connectivity index (χ4n) is 1.59. The van der Waals surface area contributed by atoms with E-state index in [9.17, 15) is 18.3 Å². The predicted octanol–water partition coefficient (Wildman–Crippen LogP) is 1.40. The molecule has 1 rings (SSSR count). The molecule has 0 aromatic heterocycles. The monoisotopic (exact) mass is 316 g/mol. The van der Waals surface area contributed by atoms with Crippen molar-refractivity contribution in [2.75, 3.05) is 13.2 Å². The van der Waals surface area contributed by atoms with Crippen molar-refractivity contribution in [1.82, 2.24) is 0 Å². The van der Waals surface area contributed by atoms with Crippen LogP contribution < -0.4 is 0 Å². The largest absolute Gasteiger partial charge is 0.466 e. The standard InChI is InChI=1S/C14H20O6S/c1-3-8-19-14(16)9-12(15)10-20-21(17,18)13-7-5-4-6-11(13)2/h4-7,12,15H,3,8-10H2,1-2H3. The van der Waals surface area contributed by atoms with Gasteiger partial charge in [0, 0.05) is 0 Å². The summed E-state index contributed by atoms with van der Waals surface area (Å²) in [6, 6.07) is 6.37. The molecule has 0 amide bonds. The van der Waals surface area contributed by atoms with Gasteiger partial charge in [0.2, 0.25) is 0 Å². The van der Waals surface area contributed by atoms with Gasteiger partial charge in [-0.2, -0.15) is 8.42 Å². The van der Waals surface area contributed by atoms with Crippen LogP contribution >= 0.6 is 0 Å². The second-order valence-corrected chi connectivity index (χ2v) is 6.17. The van der Waals surface area contributed by atoms with Gasteiger partial charge in [0.1, 0.15) is 0 Å². The third kappa shape index (κ3) is 5.82. The summed E-state index contributed by atoms with van der Waals surface area (Å²) in [6.45, 7) is 3.28. The summed E-state index contributed by atoms with van der Waals surface area (Å²) in [5.41, 5.74) is 0.550. The van der Waals surface area contributed by atoms with Gasteiger partial charge in [-0.05, 0) is 25.0 Å². The fraction of sp³-hybridized carbons (Fsp3) is 0.500. The highest BCUT2D eigenvalue weighted by atomic mass is 32.2. The molecule has 0 bridgehead atoms. The van der Waals surface area contributed by atoms with E-state index in [1.54, 1.807) is 25.1 Å². The maximum atomic E-state index is 12.0. The summed E-state index contributed by atoms with van der Waals surface area (Å²) < 4.78 is 33.5. The van der Waals surface area contributed by atoms with Crippen molar-refractivity contribution in [3.8, 4) is 0 Å². The van der Waals surface area contributed by atoms with Crippen LogP contribution in [-0.2, 0) is 23.8 Å². The first-order chi connectivity index (χ1) is 9.86. The molecule has 21 heavy (non-hydrogen) atoms. The normalized spacial score (nSPS) is 12.9. The van der Waals surface area contributed by atoms with Crippen LogP contribution in [0.25, 0.3) is 0 Å². The lowest BCUT2D eigenvalue weighted by atomic mass is 10.2. The highest BCUT2D eigenvalue weighted by Gasteiger charge is 2.20. The van der Waals surface area contributed by atoms with Crippen molar-refractivity contribution >= 4 is 16.1 Å². The van der Waals surface area contributed by atoms with Crippen LogP contribution in [0.15, 0.2) is 29.2 Å². The molecule has 0 heterocycles. The molecular weight excluding hydrogens is 296 g/mol. The van der Waals surface area contributed by atoms with Crippen LogP contribution in [0.5, 0.6) is 0 Å². The highest BCUT2D eigenvalue weighted by molar-refractivity contribution is 7.86. The van der Waals surface area contributed by atoms with E-state index in [1.165, 1.54) is 6.07 Å². The third-order valence-corrected chi connectivity index (χ3v) is 4.09. The number of aliphatic hydroxyl groups is 1. The van der Waals surface area contributed by atoms with Crippen LogP contribution in [0.2, 0.25) is 0 Å². The summed E-state index contributed by atoms with van der Waals surface area (Å²) in [5.74, 6) is -0.582. The summed E-state index contributed by atoms with van der Waals surface area (Å²) in [4.78, 5) is 11.3. The first-order valence-electron chi connectivity index (χ1n) is 6.65. The van der Waals surface area contributed by atoms with Crippen molar-refractivity contribution in [3.63, 3.8) is 0 Å². The molecular formula is C14H20O6S. The summed E-state index contributed by atoms with van der Waals surface area (Å²) in [7, 11) is -3.95. The number of benzene rings is 1. The van der Waals surface area contributed by atoms with E-state index in [-0.39, 0.29) is 17.9 Å². The van der Waals surface area contributed by atoms with Crippen LogP contribution in [0.4, 0.5) is 0 Å². The molecule has 7 heteroatoms. The Hall–Kier alpha value is -1.44. The molecule has 0 fully saturated rings. The molecule has 0 aliphatic rings. The van der Waals surface area contributed by atoms with Crippen molar-refractivity contribution in [3.05, 3.63) is 29.8 Å². The van der Waals surface area contributed by atoms with E-state index in [0.29, 0.717) is 12.0 Å². The number of hydrogen-bond donors (Lipinski definition) is 1. The van der Waals surface area contributed by atoms with Gasteiger partial charge in [0.05, 0.1) is 30.6 Å². The predicted molar refractivity (Wildman–Crippen MR) is 76.2 cm³/mol. The molecule has 0 spiro atoms. The Balaban J connectivity index is 2.54. The molecule has 1 aromatic rings. The van der Waals surface area contributed by atoms with Crippen molar-refractivity contribution in [2.45, 2.75) is 37.7 Å². The van der Waals surface area contributed by atoms with Gasteiger partial charge >= 0.3 is 5.97 Å². The zero-order valence-corrected chi connectivity index (χ0v) is 12.9. The lowest BCUT2D eigenvalue weighted by molar-refractivity contribution is -0.146. The Morgan fingerprint density at radius 2 is 2.00 bits per heavy atom. The number of aryl methyl sites for hydroxylation is 1. The topological polar surface area (TPSA) is 89.9 Å². The van der Waals surface area contributed by atoms with Crippen LogP contribution in [0.3, 0.4) is 0 Å². The molecule has 0 saturated heterocycles.